The molecular weight excluding hydrogens is 327 g/mol. The van der Waals surface area contributed by atoms with Gasteiger partial charge in [-0.05, 0) is 31.4 Å². The first-order chi connectivity index (χ1) is 9.58. The fourth-order valence-corrected chi connectivity index (χ4v) is 2.65. The van der Waals surface area contributed by atoms with Crippen LogP contribution in [0.5, 0.6) is 0 Å². The molecule has 1 heterocycles. The van der Waals surface area contributed by atoms with E-state index in [0.717, 1.165) is 25.9 Å². The molecule has 0 saturated carbocycles. The predicted molar refractivity (Wildman–Crippen MR) is 77.6 cm³/mol. The summed E-state index contributed by atoms with van der Waals surface area (Å²) in [6.07, 6.45) is 3.18. The summed E-state index contributed by atoms with van der Waals surface area (Å²) in [5.41, 5.74) is 5.63. The Morgan fingerprint density at radius 2 is 2.35 bits per heavy atom. The van der Waals surface area contributed by atoms with Gasteiger partial charge in [-0.15, -0.1) is 0 Å². The SMILES string of the molecule is NC(=O)C(NCC1CCCCO1)c1ccc(Br)cc1F. The molecule has 2 atom stereocenters. The minimum Gasteiger partial charge on any atom is -0.377 e. The standard InChI is InChI=1S/C14H18BrFN2O2/c15-9-4-5-11(12(16)7-9)13(14(17)19)18-8-10-3-1-2-6-20-10/h4-5,7,10,13,18H,1-3,6,8H2,(H2,17,19). The number of carbonyl (C=O) groups is 1. The Balaban J connectivity index is 2.04. The number of carbonyl (C=O) groups excluding carboxylic acids is 1. The molecule has 0 radical (unpaired) electrons. The maximum atomic E-state index is 13.9. The molecule has 1 aliphatic heterocycles. The third-order valence-electron chi connectivity index (χ3n) is 3.38. The second-order valence-electron chi connectivity index (χ2n) is 4.90. The van der Waals surface area contributed by atoms with Crippen LogP contribution in [0.2, 0.25) is 0 Å². The molecule has 0 aliphatic carbocycles. The Labute approximate surface area is 126 Å². The molecule has 1 fully saturated rings. The first-order valence-corrected chi connectivity index (χ1v) is 7.46. The number of primary amides is 1. The Hall–Kier alpha value is -0.980. The molecule has 1 aliphatic rings. The van der Waals surface area contributed by atoms with Gasteiger partial charge in [0.1, 0.15) is 11.9 Å². The lowest BCUT2D eigenvalue weighted by molar-refractivity contribution is -0.120. The summed E-state index contributed by atoms with van der Waals surface area (Å²) in [5, 5.41) is 3.01. The van der Waals surface area contributed by atoms with Crippen molar-refractivity contribution in [3.63, 3.8) is 0 Å². The van der Waals surface area contributed by atoms with Crippen LogP contribution in [0.1, 0.15) is 30.9 Å². The van der Waals surface area contributed by atoms with Gasteiger partial charge in [0.25, 0.3) is 0 Å². The van der Waals surface area contributed by atoms with Gasteiger partial charge in [-0.2, -0.15) is 0 Å². The van der Waals surface area contributed by atoms with Crippen LogP contribution in [0.3, 0.4) is 0 Å². The van der Waals surface area contributed by atoms with Gasteiger partial charge in [-0.3, -0.25) is 10.1 Å². The molecule has 20 heavy (non-hydrogen) atoms. The average molecular weight is 345 g/mol. The maximum absolute atomic E-state index is 13.9. The van der Waals surface area contributed by atoms with E-state index in [9.17, 15) is 9.18 Å². The van der Waals surface area contributed by atoms with Gasteiger partial charge >= 0.3 is 0 Å². The summed E-state index contributed by atoms with van der Waals surface area (Å²) in [5.74, 6) is -1.05. The van der Waals surface area contributed by atoms with Gasteiger partial charge in [-0.1, -0.05) is 22.0 Å². The lowest BCUT2D eigenvalue weighted by Crippen LogP contribution is -2.40. The molecule has 6 heteroatoms. The topological polar surface area (TPSA) is 64.4 Å². The van der Waals surface area contributed by atoms with Crippen LogP contribution >= 0.6 is 15.9 Å². The fourth-order valence-electron chi connectivity index (χ4n) is 2.32. The Morgan fingerprint density at radius 3 is 2.95 bits per heavy atom. The number of halogens is 2. The number of nitrogens with two attached hydrogens (primary N) is 1. The van der Waals surface area contributed by atoms with Crippen molar-refractivity contribution in [3.05, 3.63) is 34.1 Å². The smallest absolute Gasteiger partial charge is 0.239 e. The van der Waals surface area contributed by atoms with Crippen LogP contribution < -0.4 is 11.1 Å². The van der Waals surface area contributed by atoms with Gasteiger partial charge in [-0.25, -0.2) is 4.39 Å². The summed E-state index contributed by atoms with van der Waals surface area (Å²) in [6.45, 7) is 1.23. The molecule has 1 aromatic carbocycles. The first-order valence-electron chi connectivity index (χ1n) is 6.67. The predicted octanol–water partition coefficient (Wildman–Crippen LogP) is 2.27. The van der Waals surface area contributed by atoms with E-state index in [0.29, 0.717) is 11.0 Å². The highest BCUT2D eigenvalue weighted by atomic mass is 79.9. The molecule has 0 bridgehead atoms. The summed E-state index contributed by atoms with van der Waals surface area (Å²) in [6, 6.07) is 3.73. The van der Waals surface area contributed by atoms with Crippen LogP contribution in [0, 0.1) is 5.82 Å². The molecule has 3 N–H and O–H groups in total. The van der Waals surface area contributed by atoms with E-state index in [2.05, 4.69) is 21.2 Å². The van der Waals surface area contributed by atoms with Crippen molar-refractivity contribution < 1.29 is 13.9 Å². The average Bonchev–Trinajstić information content (AvgIpc) is 2.42. The summed E-state index contributed by atoms with van der Waals surface area (Å²) < 4.78 is 20.1. The maximum Gasteiger partial charge on any atom is 0.239 e. The lowest BCUT2D eigenvalue weighted by atomic mass is 10.0. The first kappa shape index (κ1) is 15.4. The zero-order valence-electron chi connectivity index (χ0n) is 11.1. The van der Waals surface area contributed by atoms with Crippen molar-refractivity contribution >= 4 is 21.8 Å². The van der Waals surface area contributed by atoms with E-state index in [1.807, 2.05) is 0 Å². The Morgan fingerprint density at radius 1 is 1.55 bits per heavy atom. The molecule has 1 amide bonds. The normalized spacial score (nSPS) is 20.6. The van der Waals surface area contributed by atoms with Gasteiger partial charge in [0.15, 0.2) is 0 Å². The van der Waals surface area contributed by atoms with E-state index >= 15 is 0 Å². The number of hydrogen-bond donors (Lipinski definition) is 2. The summed E-state index contributed by atoms with van der Waals surface area (Å²) in [7, 11) is 0. The van der Waals surface area contributed by atoms with Crippen LogP contribution in [-0.4, -0.2) is 25.2 Å². The fraction of sp³-hybridized carbons (Fsp3) is 0.500. The highest BCUT2D eigenvalue weighted by Gasteiger charge is 2.23. The van der Waals surface area contributed by atoms with Crippen molar-refractivity contribution in [1.82, 2.24) is 5.32 Å². The van der Waals surface area contributed by atoms with Crippen LogP contribution in [0.25, 0.3) is 0 Å². The number of hydrogen-bond acceptors (Lipinski definition) is 3. The van der Waals surface area contributed by atoms with Gasteiger partial charge in [0.05, 0.1) is 6.10 Å². The quantitative estimate of drug-likeness (QED) is 0.861. The molecule has 0 aromatic heterocycles. The summed E-state index contributed by atoms with van der Waals surface area (Å²) >= 11 is 3.19. The van der Waals surface area contributed by atoms with Gasteiger partial charge in [0, 0.05) is 23.2 Å². The highest BCUT2D eigenvalue weighted by Crippen LogP contribution is 2.21. The molecule has 2 rings (SSSR count). The van der Waals surface area contributed by atoms with E-state index < -0.39 is 17.8 Å². The zero-order valence-corrected chi connectivity index (χ0v) is 12.7. The van der Waals surface area contributed by atoms with Crippen molar-refractivity contribution in [2.75, 3.05) is 13.2 Å². The van der Waals surface area contributed by atoms with Crippen molar-refractivity contribution in [3.8, 4) is 0 Å². The number of rotatable bonds is 5. The van der Waals surface area contributed by atoms with Gasteiger partial charge in [0.2, 0.25) is 5.91 Å². The number of amides is 1. The Kier molecular flexibility index (Phi) is 5.51. The zero-order chi connectivity index (χ0) is 14.5. The molecule has 2 unspecified atom stereocenters. The second kappa shape index (κ2) is 7.15. The molecule has 0 spiro atoms. The Bertz CT molecular complexity index is 478. The van der Waals surface area contributed by atoms with Crippen LogP contribution in [-0.2, 0) is 9.53 Å². The molecule has 4 nitrogen and oxygen atoms in total. The molecule has 110 valence electrons. The third-order valence-corrected chi connectivity index (χ3v) is 3.87. The van der Waals surface area contributed by atoms with Crippen LogP contribution in [0.15, 0.2) is 22.7 Å². The molecule has 1 aromatic rings. The van der Waals surface area contributed by atoms with Crippen molar-refractivity contribution in [2.24, 2.45) is 5.73 Å². The van der Waals surface area contributed by atoms with Crippen molar-refractivity contribution in [1.29, 1.82) is 0 Å². The number of ether oxygens (including phenoxy) is 1. The third kappa shape index (κ3) is 4.01. The number of nitrogens with one attached hydrogen (secondary N) is 1. The number of benzene rings is 1. The van der Waals surface area contributed by atoms with Crippen molar-refractivity contribution in [2.45, 2.75) is 31.4 Å². The second-order valence-corrected chi connectivity index (χ2v) is 5.81. The summed E-state index contributed by atoms with van der Waals surface area (Å²) in [4.78, 5) is 11.6. The van der Waals surface area contributed by atoms with E-state index in [1.54, 1.807) is 12.1 Å². The van der Waals surface area contributed by atoms with Gasteiger partial charge < -0.3 is 10.5 Å². The molecular formula is C14H18BrFN2O2. The monoisotopic (exact) mass is 344 g/mol. The molecule has 1 saturated heterocycles. The van der Waals surface area contributed by atoms with E-state index in [4.69, 9.17) is 10.5 Å². The van der Waals surface area contributed by atoms with Crippen LogP contribution in [0.4, 0.5) is 4.39 Å². The minimum atomic E-state index is -0.839. The van der Waals surface area contributed by atoms with E-state index in [-0.39, 0.29) is 11.7 Å². The minimum absolute atomic E-state index is 0.0594. The highest BCUT2D eigenvalue weighted by molar-refractivity contribution is 9.10. The largest absolute Gasteiger partial charge is 0.377 e. The lowest BCUT2D eigenvalue weighted by Gasteiger charge is -2.25. The van der Waals surface area contributed by atoms with E-state index in [1.165, 1.54) is 6.07 Å².